The number of ketones is 1. The molecular weight excluding hydrogens is 404 g/mol. The largest absolute Gasteiger partial charge is 0.542 e. The predicted molar refractivity (Wildman–Crippen MR) is 76.4 cm³/mol. The number of carboxylic acids is 1. The van der Waals surface area contributed by atoms with Crippen LogP contribution in [0.15, 0.2) is 18.2 Å². The summed E-state index contributed by atoms with van der Waals surface area (Å²) in [7, 11) is 0. The van der Waals surface area contributed by atoms with Crippen molar-refractivity contribution >= 4 is 17.7 Å². The molecule has 0 unspecified atom stereocenters. The molecule has 0 aliphatic rings. The number of quaternary nitrogens is 1. The second-order valence-corrected chi connectivity index (χ2v) is 5.06. The van der Waals surface area contributed by atoms with Crippen LogP contribution in [0.3, 0.4) is 0 Å². The minimum absolute atomic E-state index is 0.0974. The fourth-order valence-electron chi connectivity index (χ4n) is 1.51. The Bertz CT molecular complexity index is 701. The zero-order chi connectivity index (χ0) is 22.1. The van der Waals surface area contributed by atoms with Crippen LogP contribution in [0.5, 0.6) is 5.75 Å². The molecule has 7 nitrogen and oxygen atoms in total. The minimum Gasteiger partial charge on any atom is -0.542 e. The van der Waals surface area contributed by atoms with Crippen molar-refractivity contribution in [2.24, 2.45) is 0 Å². The molecular formula is C15H15F6NO6. The fourth-order valence-corrected chi connectivity index (χ4v) is 1.51. The first-order valence-corrected chi connectivity index (χ1v) is 7.36. The molecule has 4 N–H and O–H groups in total. The summed E-state index contributed by atoms with van der Waals surface area (Å²) >= 11 is 0. The van der Waals surface area contributed by atoms with Gasteiger partial charge in [-0.25, -0.2) is 0 Å². The molecule has 1 aromatic rings. The zero-order valence-electron chi connectivity index (χ0n) is 14.0. The van der Waals surface area contributed by atoms with Gasteiger partial charge in [0.2, 0.25) is 0 Å². The van der Waals surface area contributed by atoms with E-state index < -0.39 is 48.0 Å². The van der Waals surface area contributed by atoms with Gasteiger partial charge < -0.3 is 25.5 Å². The average Bonchev–Trinajstić information content (AvgIpc) is 2.56. The maximum Gasteiger partial charge on any atom is 0.430 e. The van der Waals surface area contributed by atoms with Gasteiger partial charge in [-0.15, -0.1) is 0 Å². The highest BCUT2D eigenvalue weighted by atomic mass is 19.4. The van der Waals surface area contributed by atoms with Crippen molar-refractivity contribution in [3.05, 3.63) is 29.3 Å². The molecule has 1 aromatic carbocycles. The molecule has 0 amide bonds. The SMILES string of the molecule is O=C([O-])C(F)(F)F.[NH3+]CCCC(=O)OCC(=O)c1ccc(O)c(C(F)(F)F)c1. The van der Waals surface area contributed by atoms with Gasteiger partial charge in [-0.3, -0.25) is 9.59 Å². The molecule has 0 aliphatic heterocycles. The third kappa shape index (κ3) is 9.21. The van der Waals surface area contributed by atoms with Crippen molar-refractivity contribution in [1.29, 1.82) is 0 Å². The van der Waals surface area contributed by atoms with Crippen LogP contribution in [0.25, 0.3) is 0 Å². The number of carbonyl (C=O) groups excluding carboxylic acids is 3. The minimum atomic E-state index is -5.19. The number of phenolic OH excluding ortho intramolecular Hbond substituents is 1. The number of hydrogen-bond acceptors (Lipinski definition) is 6. The number of ether oxygens (including phenoxy) is 1. The predicted octanol–water partition coefficient (Wildman–Crippen LogP) is 0.458. The summed E-state index contributed by atoms with van der Waals surface area (Å²) in [6, 6.07) is 2.35. The number of aliphatic carboxylic acids is 1. The van der Waals surface area contributed by atoms with E-state index in [0.717, 1.165) is 12.1 Å². The number of phenols is 1. The summed E-state index contributed by atoms with van der Waals surface area (Å²) in [4.78, 5) is 31.7. The van der Waals surface area contributed by atoms with Crippen LogP contribution in [0.2, 0.25) is 0 Å². The number of esters is 1. The first-order valence-electron chi connectivity index (χ1n) is 7.36. The highest BCUT2D eigenvalue weighted by Gasteiger charge is 2.34. The van der Waals surface area contributed by atoms with Gasteiger partial charge in [0.25, 0.3) is 0 Å². The molecule has 0 fully saturated rings. The molecule has 0 bridgehead atoms. The quantitative estimate of drug-likeness (QED) is 0.391. The van der Waals surface area contributed by atoms with Gasteiger partial charge in [-0.2, -0.15) is 26.3 Å². The lowest BCUT2D eigenvalue weighted by molar-refractivity contribution is -0.368. The number of rotatable bonds is 6. The van der Waals surface area contributed by atoms with Crippen LogP contribution in [-0.4, -0.2) is 42.2 Å². The standard InChI is InChI=1S/C13H14F3NO4.C2HF3O2/c14-13(15,16)9-6-8(3-4-10(9)18)11(19)7-21-12(20)2-1-5-17;3-2(4,5)1(6)7/h3-4,6,18H,1-2,5,7,17H2;(H,6,7). The molecule has 1 rings (SSSR count). The number of halogens is 6. The molecule has 0 saturated carbocycles. The lowest BCUT2D eigenvalue weighted by Gasteiger charge is -2.10. The van der Waals surface area contributed by atoms with Gasteiger partial charge in [-0.1, -0.05) is 0 Å². The Labute approximate surface area is 153 Å². The highest BCUT2D eigenvalue weighted by Crippen LogP contribution is 2.36. The lowest BCUT2D eigenvalue weighted by Crippen LogP contribution is -2.50. The van der Waals surface area contributed by atoms with Gasteiger partial charge >= 0.3 is 18.3 Å². The molecule has 0 saturated heterocycles. The van der Waals surface area contributed by atoms with Crippen molar-refractivity contribution < 1.29 is 61.4 Å². The van der Waals surface area contributed by atoms with Crippen LogP contribution in [0, 0.1) is 0 Å². The number of hydrogen-bond donors (Lipinski definition) is 2. The molecule has 28 heavy (non-hydrogen) atoms. The molecule has 13 heteroatoms. The number of aromatic hydroxyl groups is 1. The summed E-state index contributed by atoms with van der Waals surface area (Å²) in [5, 5.41) is 17.9. The molecule has 158 valence electrons. The Hall–Kier alpha value is -2.83. The Balaban J connectivity index is 0.000000887. The Morgan fingerprint density at radius 3 is 2.07 bits per heavy atom. The first kappa shape index (κ1) is 25.2. The maximum absolute atomic E-state index is 12.6. The van der Waals surface area contributed by atoms with E-state index in [2.05, 4.69) is 10.5 Å². The summed E-state index contributed by atoms with van der Waals surface area (Å²) in [5.74, 6) is -5.36. The lowest BCUT2D eigenvalue weighted by atomic mass is 10.1. The molecule has 0 aromatic heterocycles. The van der Waals surface area contributed by atoms with E-state index in [1.54, 1.807) is 0 Å². The first-order chi connectivity index (χ1) is 12.7. The van der Waals surface area contributed by atoms with Crippen LogP contribution >= 0.6 is 0 Å². The van der Waals surface area contributed by atoms with Crippen molar-refractivity contribution in [2.45, 2.75) is 25.2 Å². The van der Waals surface area contributed by atoms with Crippen LogP contribution in [0.1, 0.15) is 28.8 Å². The Morgan fingerprint density at radius 1 is 1.11 bits per heavy atom. The average molecular weight is 419 g/mol. The summed E-state index contributed by atoms with van der Waals surface area (Å²) in [6.07, 6.45) is -9.37. The van der Waals surface area contributed by atoms with Crippen LogP contribution in [-0.2, 0) is 20.5 Å². The van der Waals surface area contributed by atoms with Gasteiger partial charge in [0, 0.05) is 12.0 Å². The Kier molecular flexibility index (Phi) is 9.43. The van der Waals surface area contributed by atoms with E-state index in [1.807, 2.05) is 0 Å². The fraction of sp³-hybridized carbons (Fsp3) is 0.400. The molecule has 0 aliphatic carbocycles. The highest BCUT2D eigenvalue weighted by molar-refractivity contribution is 5.98. The Morgan fingerprint density at radius 2 is 1.64 bits per heavy atom. The summed E-state index contributed by atoms with van der Waals surface area (Å²) in [6.45, 7) is -0.103. The van der Waals surface area contributed by atoms with E-state index in [0.29, 0.717) is 19.0 Å². The van der Waals surface area contributed by atoms with Crippen molar-refractivity contribution in [1.82, 2.24) is 0 Å². The summed E-state index contributed by atoms with van der Waals surface area (Å²) in [5.41, 5.74) is 1.94. The second kappa shape index (κ2) is 10.5. The van der Waals surface area contributed by atoms with E-state index >= 15 is 0 Å². The van der Waals surface area contributed by atoms with Gasteiger partial charge in [0.05, 0.1) is 18.5 Å². The van der Waals surface area contributed by atoms with E-state index in [4.69, 9.17) is 15.0 Å². The van der Waals surface area contributed by atoms with Crippen LogP contribution in [0.4, 0.5) is 26.3 Å². The normalized spacial score (nSPS) is 11.2. The monoisotopic (exact) mass is 419 g/mol. The topological polar surface area (TPSA) is 131 Å². The molecule has 0 spiro atoms. The third-order valence-electron chi connectivity index (χ3n) is 2.85. The number of carbonyl (C=O) groups is 3. The summed E-state index contributed by atoms with van der Waals surface area (Å²) < 4.78 is 74.0. The van der Waals surface area contributed by atoms with Gasteiger partial charge in [0.1, 0.15) is 11.7 Å². The van der Waals surface area contributed by atoms with Gasteiger partial charge in [0.15, 0.2) is 12.4 Å². The van der Waals surface area contributed by atoms with E-state index in [1.165, 1.54) is 0 Å². The smallest absolute Gasteiger partial charge is 0.430 e. The number of Topliss-reactive ketones (excluding diaryl/α,β-unsaturated/α-hetero) is 1. The number of alkyl halides is 6. The van der Waals surface area contributed by atoms with Crippen LogP contribution < -0.4 is 10.8 Å². The second-order valence-electron chi connectivity index (χ2n) is 5.06. The van der Waals surface area contributed by atoms with E-state index in [-0.39, 0.29) is 12.0 Å². The zero-order valence-corrected chi connectivity index (χ0v) is 14.0. The molecule has 0 atom stereocenters. The van der Waals surface area contributed by atoms with Crippen molar-refractivity contribution in [2.75, 3.05) is 13.2 Å². The molecule has 0 radical (unpaired) electrons. The van der Waals surface area contributed by atoms with Gasteiger partial charge in [-0.05, 0) is 18.2 Å². The van der Waals surface area contributed by atoms with Crippen molar-refractivity contribution in [3.63, 3.8) is 0 Å². The third-order valence-corrected chi connectivity index (χ3v) is 2.85. The number of benzene rings is 1. The maximum atomic E-state index is 12.6. The molecule has 0 heterocycles. The van der Waals surface area contributed by atoms with E-state index in [9.17, 15) is 35.9 Å². The number of carboxylic acid groups (broad SMARTS) is 1. The van der Waals surface area contributed by atoms with Crippen molar-refractivity contribution in [3.8, 4) is 5.75 Å².